The molecule has 1 aliphatic carbocycles. The van der Waals surface area contributed by atoms with E-state index in [1.54, 1.807) is 19.9 Å². The Labute approximate surface area is 125 Å². The molecule has 0 radical (unpaired) electrons. The molecule has 0 aromatic carbocycles. The third-order valence-corrected chi connectivity index (χ3v) is 3.64. The summed E-state index contributed by atoms with van der Waals surface area (Å²) >= 11 is 0. The number of carbonyl (C=O) groups is 1. The van der Waals surface area contributed by atoms with Crippen LogP contribution >= 0.6 is 0 Å². The van der Waals surface area contributed by atoms with Gasteiger partial charge < -0.3 is 10.4 Å². The van der Waals surface area contributed by atoms with Crippen LogP contribution in [-0.2, 0) is 5.60 Å². The molecule has 0 atom stereocenters. The summed E-state index contributed by atoms with van der Waals surface area (Å²) in [7, 11) is 0. The molecule has 1 amide bonds. The Balaban J connectivity index is 1.87. The zero-order chi connectivity index (χ0) is 16.1. The van der Waals surface area contributed by atoms with Crippen molar-refractivity contribution >= 4 is 11.6 Å². The van der Waals surface area contributed by atoms with Gasteiger partial charge in [-0.15, -0.1) is 0 Å². The van der Waals surface area contributed by atoms with E-state index in [-0.39, 0.29) is 18.5 Å². The van der Waals surface area contributed by atoms with Crippen LogP contribution in [0.15, 0.2) is 18.3 Å². The molecule has 2 aromatic heterocycles. The van der Waals surface area contributed by atoms with Gasteiger partial charge in [-0.25, -0.2) is 18.3 Å². The van der Waals surface area contributed by atoms with Gasteiger partial charge in [0, 0.05) is 31.1 Å². The number of nitrogens with one attached hydrogen (secondary N) is 1. The van der Waals surface area contributed by atoms with Gasteiger partial charge in [-0.05, 0) is 19.9 Å². The second-order valence-electron chi connectivity index (χ2n) is 6.12. The van der Waals surface area contributed by atoms with E-state index in [4.69, 9.17) is 0 Å². The maximum atomic E-state index is 12.8. The molecule has 0 unspecified atom stereocenters. The number of hydrogen-bond acceptors (Lipinski definition) is 4. The van der Waals surface area contributed by atoms with E-state index in [9.17, 15) is 18.7 Å². The quantitative estimate of drug-likeness (QED) is 0.900. The lowest BCUT2D eigenvalue weighted by atomic mass is 9.88. The highest BCUT2D eigenvalue weighted by atomic mass is 19.3. The van der Waals surface area contributed by atoms with E-state index in [1.807, 2.05) is 0 Å². The highest BCUT2D eigenvalue weighted by Crippen LogP contribution is 2.37. The molecule has 0 spiro atoms. The molecule has 118 valence electrons. The van der Waals surface area contributed by atoms with Crippen molar-refractivity contribution in [1.29, 1.82) is 0 Å². The van der Waals surface area contributed by atoms with Crippen LogP contribution in [0.5, 0.6) is 0 Å². The lowest BCUT2D eigenvalue weighted by molar-refractivity contribution is -0.0901. The van der Waals surface area contributed by atoms with Gasteiger partial charge in [-0.3, -0.25) is 4.79 Å². The van der Waals surface area contributed by atoms with E-state index >= 15 is 0 Å². The minimum atomic E-state index is -2.69. The predicted molar refractivity (Wildman–Crippen MR) is 73.7 cm³/mol. The lowest BCUT2D eigenvalue weighted by Crippen LogP contribution is -2.50. The van der Waals surface area contributed by atoms with Crippen LogP contribution < -0.4 is 5.32 Å². The second-order valence-corrected chi connectivity index (χ2v) is 6.12. The van der Waals surface area contributed by atoms with Crippen LogP contribution in [0.1, 0.15) is 42.9 Å². The molecule has 1 aliphatic rings. The Morgan fingerprint density at radius 1 is 1.50 bits per heavy atom. The topological polar surface area (TPSA) is 79.5 Å². The van der Waals surface area contributed by atoms with Gasteiger partial charge in [-0.1, -0.05) is 0 Å². The van der Waals surface area contributed by atoms with Crippen molar-refractivity contribution in [2.24, 2.45) is 0 Å². The van der Waals surface area contributed by atoms with Crippen LogP contribution in [0.2, 0.25) is 0 Å². The average molecular weight is 310 g/mol. The molecule has 0 saturated heterocycles. The number of amides is 1. The average Bonchev–Trinajstić information content (AvgIpc) is 2.79. The minimum Gasteiger partial charge on any atom is -0.384 e. The van der Waals surface area contributed by atoms with Gasteiger partial charge in [0.05, 0.1) is 5.69 Å². The largest absolute Gasteiger partial charge is 0.384 e. The van der Waals surface area contributed by atoms with Crippen LogP contribution in [-0.4, -0.2) is 37.6 Å². The number of halogens is 2. The van der Waals surface area contributed by atoms with Crippen molar-refractivity contribution in [3.8, 4) is 0 Å². The zero-order valence-electron chi connectivity index (χ0n) is 12.2. The van der Waals surface area contributed by atoms with Gasteiger partial charge in [0.25, 0.3) is 11.8 Å². The monoisotopic (exact) mass is 310 g/mol. The van der Waals surface area contributed by atoms with E-state index < -0.39 is 23.5 Å². The Kier molecular flexibility index (Phi) is 3.17. The molecule has 2 heterocycles. The van der Waals surface area contributed by atoms with Gasteiger partial charge in [0.15, 0.2) is 5.65 Å². The van der Waals surface area contributed by atoms with Gasteiger partial charge in [0.1, 0.15) is 11.3 Å². The lowest BCUT2D eigenvalue weighted by Gasteiger charge is -2.35. The van der Waals surface area contributed by atoms with Crippen LogP contribution in [0.25, 0.3) is 5.65 Å². The second kappa shape index (κ2) is 4.70. The van der Waals surface area contributed by atoms with Crippen molar-refractivity contribution < 1.29 is 18.7 Å². The van der Waals surface area contributed by atoms with E-state index in [0.29, 0.717) is 11.3 Å². The number of nitrogens with zero attached hydrogens (tertiary/aromatic N) is 3. The minimum absolute atomic E-state index is 0.190. The normalized spacial score (nSPS) is 18.2. The summed E-state index contributed by atoms with van der Waals surface area (Å²) in [5.41, 5.74) is -0.202. The number of hydrogen-bond donors (Lipinski definition) is 2. The summed E-state index contributed by atoms with van der Waals surface area (Å²) in [5, 5.41) is 16.7. The van der Waals surface area contributed by atoms with Crippen LogP contribution in [0.4, 0.5) is 8.78 Å². The summed E-state index contributed by atoms with van der Waals surface area (Å²) in [6.45, 7) is 3.15. The zero-order valence-corrected chi connectivity index (χ0v) is 12.2. The fourth-order valence-electron chi connectivity index (χ4n) is 2.39. The molecule has 0 bridgehead atoms. The number of alkyl halides is 2. The smallest absolute Gasteiger partial charge is 0.270 e. The Hall–Kier alpha value is -2.09. The Morgan fingerprint density at radius 2 is 2.18 bits per heavy atom. The summed E-state index contributed by atoms with van der Waals surface area (Å²) in [6, 6.07) is 2.50. The molecule has 6 nitrogen and oxygen atoms in total. The predicted octanol–water partition coefficient (Wildman–Crippen LogP) is 1.48. The fraction of sp³-hybridized carbons (Fsp3) is 0.500. The number of aromatic nitrogens is 3. The summed E-state index contributed by atoms with van der Waals surface area (Å²) < 4.78 is 26.9. The van der Waals surface area contributed by atoms with Crippen molar-refractivity contribution in [3.63, 3.8) is 0 Å². The van der Waals surface area contributed by atoms with Gasteiger partial charge in [0.2, 0.25) is 0 Å². The van der Waals surface area contributed by atoms with E-state index in [1.165, 1.54) is 16.8 Å². The van der Waals surface area contributed by atoms with Crippen molar-refractivity contribution in [2.45, 2.75) is 44.3 Å². The van der Waals surface area contributed by atoms with Crippen LogP contribution in [0, 0.1) is 0 Å². The first kappa shape index (κ1) is 14.8. The molecular formula is C14H16F2N4O2. The van der Waals surface area contributed by atoms with E-state index in [2.05, 4.69) is 15.4 Å². The Bertz CT molecular complexity index is 728. The Morgan fingerprint density at radius 3 is 2.77 bits per heavy atom. The SMILES string of the molecule is CC(C)(O)c1cc2nccc(C(=O)NC3CC(F)(F)C3)n2n1. The summed E-state index contributed by atoms with van der Waals surface area (Å²) in [5.74, 6) is -3.18. The molecule has 22 heavy (non-hydrogen) atoms. The van der Waals surface area contributed by atoms with Crippen molar-refractivity contribution in [3.05, 3.63) is 29.7 Å². The molecule has 2 aromatic rings. The van der Waals surface area contributed by atoms with Crippen molar-refractivity contribution in [1.82, 2.24) is 19.9 Å². The highest BCUT2D eigenvalue weighted by molar-refractivity contribution is 5.93. The number of fused-ring (bicyclic) bond motifs is 1. The summed E-state index contributed by atoms with van der Waals surface area (Å²) in [6.07, 6.45) is 0.747. The third kappa shape index (κ3) is 2.66. The third-order valence-electron chi connectivity index (χ3n) is 3.64. The number of carbonyl (C=O) groups excluding carboxylic acids is 1. The summed E-state index contributed by atoms with van der Waals surface area (Å²) in [4.78, 5) is 16.3. The molecule has 8 heteroatoms. The van der Waals surface area contributed by atoms with Crippen molar-refractivity contribution in [2.75, 3.05) is 0 Å². The van der Waals surface area contributed by atoms with Gasteiger partial charge >= 0.3 is 0 Å². The van der Waals surface area contributed by atoms with Crippen LogP contribution in [0.3, 0.4) is 0 Å². The number of aliphatic hydroxyl groups is 1. The highest BCUT2D eigenvalue weighted by Gasteiger charge is 2.46. The maximum absolute atomic E-state index is 12.8. The standard InChI is InChI=1S/C14H16F2N4O2/c1-13(2,22)10-5-11-17-4-3-9(20(11)19-10)12(21)18-8-6-14(15,16)7-8/h3-5,8,22H,6-7H2,1-2H3,(H,18,21). The first-order valence-electron chi connectivity index (χ1n) is 6.92. The molecule has 3 rings (SSSR count). The fourth-order valence-corrected chi connectivity index (χ4v) is 2.39. The first-order valence-corrected chi connectivity index (χ1v) is 6.92. The van der Waals surface area contributed by atoms with E-state index in [0.717, 1.165) is 0 Å². The molecular weight excluding hydrogens is 294 g/mol. The number of rotatable bonds is 3. The molecule has 2 N–H and O–H groups in total. The molecule has 1 fully saturated rings. The molecule has 1 saturated carbocycles. The maximum Gasteiger partial charge on any atom is 0.270 e. The van der Waals surface area contributed by atoms with Gasteiger partial charge in [-0.2, -0.15) is 5.10 Å². The first-order chi connectivity index (χ1) is 10.2. The molecule has 0 aliphatic heterocycles.